The van der Waals surface area contributed by atoms with Crippen LogP contribution in [0.25, 0.3) is 0 Å². The molecule has 2 fully saturated rings. The number of hydrogen-bond donors (Lipinski definition) is 1. The summed E-state index contributed by atoms with van der Waals surface area (Å²) in [7, 11) is 0. The van der Waals surface area contributed by atoms with Crippen molar-refractivity contribution in [2.75, 3.05) is 6.54 Å². The molecule has 0 aromatic rings. The molecule has 70 valence electrons. The molecule has 1 aliphatic heterocycles. The van der Waals surface area contributed by atoms with Crippen LogP contribution >= 0.6 is 0 Å². The number of rotatable bonds is 0. The Kier molecular flexibility index (Phi) is 2.16. The van der Waals surface area contributed by atoms with Gasteiger partial charge < -0.3 is 5.32 Å². The van der Waals surface area contributed by atoms with Crippen LogP contribution in [0.4, 0.5) is 0 Å². The molecule has 0 aromatic heterocycles. The van der Waals surface area contributed by atoms with Gasteiger partial charge in [-0.25, -0.2) is 0 Å². The lowest BCUT2D eigenvalue weighted by molar-refractivity contribution is -0.735. The average molecular weight is 168 g/mol. The SMILES string of the molecule is C[C@@H]1CC2(CCCC[NH2+]2)C[C@@H]1C. The zero-order chi connectivity index (χ0) is 8.60. The van der Waals surface area contributed by atoms with E-state index in [1.165, 1.54) is 38.6 Å². The third kappa shape index (κ3) is 1.39. The van der Waals surface area contributed by atoms with Crippen molar-refractivity contribution >= 4 is 0 Å². The molecule has 1 heteroatoms. The molecule has 3 atom stereocenters. The normalized spacial score (nSPS) is 48.5. The molecule has 1 heterocycles. The van der Waals surface area contributed by atoms with E-state index in [4.69, 9.17) is 0 Å². The van der Waals surface area contributed by atoms with Gasteiger partial charge in [-0.2, -0.15) is 0 Å². The van der Waals surface area contributed by atoms with Gasteiger partial charge in [-0.15, -0.1) is 0 Å². The minimum Gasteiger partial charge on any atom is -0.341 e. The minimum absolute atomic E-state index is 0.692. The van der Waals surface area contributed by atoms with Crippen molar-refractivity contribution in [2.45, 2.75) is 51.5 Å². The second-order valence-corrected chi connectivity index (χ2v) is 5.18. The topological polar surface area (TPSA) is 16.6 Å². The average Bonchev–Trinajstić information content (AvgIpc) is 2.29. The van der Waals surface area contributed by atoms with Gasteiger partial charge >= 0.3 is 0 Å². The van der Waals surface area contributed by atoms with Gasteiger partial charge in [0, 0.05) is 19.3 Å². The van der Waals surface area contributed by atoms with Crippen LogP contribution in [0.5, 0.6) is 0 Å². The zero-order valence-corrected chi connectivity index (χ0v) is 8.47. The predicted octanol–water partition coefficient (Wildman–Crippen LogP) is 1.54. The molecule has 0 amide bonds. The molecular formula is C11H22N+. The van der Waals surface area contributed by atoms with Crippen molar-refractivity contribution in [1.82, 2.24) is 0 Å². The highest BCUT2D eigenvalue weighted by Crippen LogP contribution is 2.39. The van der Waals surface area contributed by atoms with Gasteiger partial charge in [0.2, 0.25) is 0 Å². The second kappa shape index (κ2) is 3.02. The summed E-state index contributed by atoms with van der Waals surface area (Å²) in [5.74, 6) is 1.94. The summed E-state index contributed by atoms with van der Waals surface area (Å²) in [5.41, 5.74) is 0.692. The molecule has 1 spiro atoms. The van der Waals surface area contributed by atoms with E-state index in [0.717, 1.165) is 11.8 Å². The first kappa shape index (κ1) is 8.55. The lowest BCUT2D eigenvalue weighted by atomic mass is 9.86. The van der Waals surface area contributed by atoms with Crippen molar-refractivity contribution in [3.05, 3.63) is 0 Å². The molecular weight excluding hydrogens is 146 g/mol. The van der Waals surface area contributed by atoms with E-state index in [2.05, 4.69) is 19.2 Å². The van der Waals surface area contributed by atoms with Gasteiger partial charge in [0.25, 0.3) is 0 Å². The Morgan fingerprint density at radius 1 is 1.08 bits per heavy atom. The van der Waals surface area contributed by atoms with Crippen molar-refractivity contribution in [3.63, 3.8) is 0 Å². The van der Waals surface area contributed by atoms with Crippen LogP contribution in [0.1, 0.15) is 46.0 Å². The Morgan fingerprint density at radius 2 is 1.75 bits per heavy atom. The summed E-state index contributed by atoms with van der Waals surface area (Å²) in [5, 5.41) is 2.65. The minimum atomic E-state index is 0.692. The fraction of sp³-hybridized carbons (Fsp3) is 1.00. The molecule has 0 bridgehead atoms. The molecule has 0 radical (unpaired) electrons. The van der Waals surface area contributed by atoms with E-state index in [0.29, 0.717) is 5.54 Å². The highest BCUT2D eigenvalue weighted by molar-refractivity contribution is 4.91. The third-order valence-electron chi connectivity index (χ3n) is 4.13. The van der Waals surface area contributed by atoms with Crippen molar-refractivity contribution in [2.24, 2.45) is 11.8 Å². The summed E-state index contributed by atoms with van der Waals surface area (Å²) >= 11 is 0. The van der Waals surface area contributed by atoms with Crippen LogP contribution in [0.3, 0.4) is 0 Å². The first-order chi connectivity index (χ1) is 5.72. The number of quaternary nitrogens is 1. The van der Waals surface area contributed by atoms with Gasteiger partial charge in [0.05, 0.1) is 12.1 Å². The molecule has 2 rings (SSSR count). The van der Waals surface area contributed by atoms with E-state index in [1.54, 1.807) is 0 Å². The fourth-order valence-corrected chi connectivity index (χ4v) is 3.27. The van der Waals surface area contributed by atoms with Gasteiger partial charge in [-0.1, -0.05) is 13.8 Å². The maximum absolute atomic E-state index is 2.65. The highest BCUT2D eigenvalue weighted by atomic mass is 15.0. The summed E-state index contributed by atoms with van der Waals surface area (Å²) in [6, 6.07) is 0. The molecule has 1 unspecified atom stereocenters. The molecule has 2 aliphatic rings. The fourth-order valence-electron chi connectivity index (χ4n) is 3.27. The van der Waals surface area contributed by atoms with E-state index in [9.17, 15) is 0 Å². The molecule has 1 nitrogen and oxygen atoms in total. The molecule has 1 aliphatic carbocycles. The van der Waals surface area contributed by atoms with Crippen molar-refractivity contribution < 1.29 is 5.32 Å². The van der Waals surface area contributed by atoms with Crippen LogP contribution in [-0.4, -0.2) is 12.1 Å². The van der Waals surface area contributed by atoms with E-state index >= 15 is 0 Å². The van der Waals surface area contributed by atoms with Crippen LogP contribution in [0.2, 0.25) is 0 Å². The first-order valence-electron chi connectivity index (χ1n) is 5.56. The highest BCUT2D eigenvalue weighted by Gasteiger charge is 2.45. The Balaban J connectivity index is 2.02. The monoisotopic (exact) mass is 168 g/mol. The van der Waals surface area contributed by atoms with E-state index < -0.39 is 0 Å². The number of piperidine rings is 1. The first-order valence-corrected chi connectivity index (χ1v) is 5.56. The molecule has 1 saturated heterocycles. The Hall–Kier alpha value is -0.0400. The summed E-state index contributed by atoms with van der Waals surface area (Å²) in [6.07, 6.45) is 7.38. The maximum Gasteiger partial charge on any atom is 0.0966 e. The largest absolute Gasteiger partial charge is 0.341 e. The standard InChI is InChI=1S/C11H21N/c1-9-7-11(8-10(9)2)5-3-4-6-12-11/h9-10,12H,3-8H2,1-2H3/p+1/t9-,10+,11?. The van der Waals surface area contributed by atoms with Crippen LogP contribution < -0.4 is 5.32 Å². The quantitative estimate of drug-likeness (QED) is 0.565. The predicted molar refractivity (Wildman–Crippen MR) is 50.9 cm³/mol. The smallest absolute Gasteiger partial charge is 0.0966 e. The molecule has 12 heavy (non-hydrogen) atoms. The van der Waals surface area contributed by atoms with Gasteiger partial charge in [-0.3, -0.25) is 0 Å². The van der Waals surface area contributed by atoms with Crippen LogP contribution in [0, 0.1) is 11.8 Å². The Bertz CT molecular complexity index is 146. The van der Waals surface area contributed by atoms with Crippen LogP contribution in [-0.2, 0) is 0 Å². The number of hydrogen-bond acceptors (Lipinski definition) is 0. The van der Waals surface area contributed by atoms with Crippen molar-refractivity contribution in [3.8, 4) is 0 Å². The van der Waals surface area contributed by atoms with Crippen molar-refractivity contribution in [1.29, 1.82) is 0 Å². The Labute approximate surface area is 75.9 Å². The second-order valence-electron chi connectivity index (χ2n) is 5.18. The summed E-state index contributed by atoms with van der Waals surface area (Å²) in [6.45, 7) is 6.25. The molecule has 0 aromatic carbocycles. The maximum atomic E-state index is 2.65. The summed E-state index contributed by atoms with van der Waals surface area (Å²) in [4.78, 5) is 0. The lowest BCUT2D eigenvalue weighted by Crippen LogP contribution is -2.97. The molecule has 2 N–H and O–H groups in total. The van der Waals surface area contributed by atoms with E-state index in [1.807, 2.05) is 0 Å². The number of nitrogens with two attached hydrogens (primary N) is 1. The van der Waals surface area contributed by atoms with Crippen LogP contribution in [0.15, 0.2) is 0 Å². The van der Waals surface area contributed by atoms with Gasteiger partial charge in [-0.05, 0) is 24.7 Å². The molecule has 1 saturated carbocycles. The summed E-state index contributed by atoms with van der Waals surface area (Å²) < 4.78 is 0. The van der Waals surface area contributed by atoms with Gasteiger partial charge in [0.1, 0.15) is 0 Å². The zero-order valence-electron chi connectivity index (χ0n) is 8.47. The Morgan fingerprint density at radius 3 is 2.25 bits per heavy atom. The lowest BCUT2D eigenvalue weighted by Gasteiger charge is -2.31. The van der Waals surface area contributed by atoms with Gasteiger partial charge in [0.15, 0.2) is 0 Å². The van der Waals surface area contributed by atoms with E-state index in [-0.39, 0.29) is 0 Å². The third-order valence-corrected chi connectivity index (χ3v) is 4.13.